The van der Waals surface area contributed by atoms with Gasteiger partial charge in [0, 0.05) is 25.4 Å². The number of nitrogens with zero attached hydrogens (tertiary/aromatic N) is 3. The maximum atomic E-state index is 11.4. The predicted octanol–water partition coefficient (Wildman–Crippen LogP) is -1.35. The molecule has 0 spiro atoms. The molecular formula is C9H12N6O2. The van der Waals surface area contributed by atoms with Crippen LogP contribution in [0.3, 0.4) is 0 Å². The minimum absolute atomic E-state index is 0.133. The van der Waals surface area contributed by atoms with E-state index >= 15 is 0 Å². The van der Waals surface area contributed by atoms with E-state index < -0.39 is 0 Å². The lowest BCUT2D eigenvalue weighted by Gasteiger charge is -2.03. The normalized spacial score (nSPS) is 10.4. The number of carbonyl (C=O) groups is 1. The number of hydrogen-bond acceptors (Lipinski definition) is 4. The lowest BCUT2D eigenvalue weighted by atomic mass is 10.4. The zero-order valence-electron chi connectivity index (χ0n) is 9.01. The topological polar surface area (TPSA) is 108 Å². The summed E-state index contributed by atoms with van der Waals surface area (Å²) in [5.74, 6) is 0.390. The monoisotopic (exact) mass is 236 g/mol. The molecule has 0 bridgehead atoms. The second-order valence-corrected chi connectivity index (χ2v) is 3.43. The number of nitrogens with one attached hydrogen (secondary N) is 3. The van der Waals surface area contributed by atoms with Gasteiger partial charge in [-0.1, -0.05) is 0 Å². The summed E-state index contributed by atoms with van der Waals surface area (Å²) in [6.45, 7) is 0.602. The van der Waals surface area contributed by atoms with E-state index in [9.17, 15) is 9.59 Å². The highest BCUT2D eigenvalue weighted by Gasteiger charge is 2.03. The Balaban J connectivity index is 1.71. The van der Waals surface area contributed by atoms with E-state index in [-0.39, 0.29) is 18.1 Å². The highest BCUT2D eigenvalue weighted by atomic mass is 16.2. The average molecular weight is 236 g/mol. The van der Waals surface area contributed by atoms with Crippen molar-refractivity contribution < 1.29 is 4.79 Å². The van der Waals surface area contributed by atoms with Crippen LogP contribution in [0.2, 0.25) is 0 Å². The molecule has 0 radical (unpaired) electrons. The molecule has 0 saturated carbocycles. The summed E-state index contributed by atoms with van der Waals surface area (Å²) in [6.07, 6.45) is 3.80. The van der Waals surface area contributed by atoms with Gasteiger partial charge in [-0.05, 0) is 6.07 Å². The number of rotatable bonds is 5. The SMILES string of the molecule is O=C(Cn1cccn1)NCCc1n[nH]c(=O)[nH]1. The number of carbonyl (C=O) groups excluding carboxylic acids is 1. The molecule has 17 heavy (non-hydrogen) atoms. The van der Waals surface area contributed by atoms with Gasteiger partial charge in [-0.15, -0.1) is 0 Å². The van der Waals surface area contributed by atoms with Crippen molar-refractivity contribution in [2.24, 2.45) is 0 Å². The Morgan fingerprint density at radius 1 is 1.53 bits per heavy atom. The van der Waals surface area contributed by atoms with Crippen molar-refractivity contribution in [3.05, 3.63) is 34.8 Å². The van der Waals surface area contributed by atoms with Crippen molar-refractivity contribution in [2.75, 3.05) is 6.54 Å². The van der Waals surface area contributed by atoms with Gasteiger partial charge < -0.3 is 5.32 Å². The van der Waals surface area contributed by atoms with Gasteiger partial charge in [0.2, 0.25) is 5.91 Å². The third-order valence-corrected chi connectivity index (χ3v) is 2.10. The van der Waals surface area contributed by atoms with E-state index in [1.165, 1.54) is 4.68 Å². The van der Waals surface area contributed by atoms with Gasteiger partial charge in [0.1, 0.15) is 12.4 Å². The molecule has 0 unspecified atom stereocenters. The number of hydrogen-bond donors (Lipinski definition) is 3. The fourth-order valence-corrected chi connectivity index (χ4v) is 1.34. The van der Waals surface area contributed by atoms with E-state index in [0.29, 0.717) is 18.8 Å². The predicted molar refractivity (Wildman–Crippen MR) is 58.1 cm³/mol. The molecule has 1 amide bonds. The van der Waals surface area contributed by atoms with Gasteiger partial charge in [-0.2, -0.15) is 10.2 Å². The van der Waals surface area contributed by atoms with Crippen molar-refractivity contribution in [3.63, 3.8) is 0 Å². The molecular weight excluding hydrogens is 224 g/mol. The Morgan fingerprint density at radius 3 is 3.06 bits per heavy atom. The van der Waals surface area contributed by atoms with Gasteiger partial charge in [0.15, 0.2) is 0 Å². The van der Waals surface area contributed by atoms with Crippen LogP contribution in [0.1, 0.15) is 5.82 Å². The molecule has 0 atom stereocenters. The first kappa shape index (κ1) is 11.1. The van der Waals surface area contributed by atoms with Crippen LogP contribution in [0.5, 0.6) is 0 Å². The van der Waals surface area contributed by atoms with Crippen LogP contribution in [0.15, 0.2) is 23.3 Å². The molecule has 0 fully saturated rings. The summed E-state index contributed by atoms with van der Waals surface area (Å²) >= 11 is 0. The lowest BCUT2D eigenvalue weighted by molar-refractivity contribution is -0.121. The first-order valence-corrected chi connectivity index (χ1v) is 5.12. The minimum Gasteiger partial charge on any atom is -0.354 e. The standard InChI is InChI=1S/C9H12N6O2/c16-8(6-15-5-1-3-11-15)10-4-2-7-12-9(17)14-13-7/h1,3,5H,2,4,6H2,(H,10,16)(H2,12,13,14,17). The highest BCUT2D eigenvalue weighted by molar-refractivity contribution is 5.75. The molecule has 0 aliphatic carbocycles. The molecule has 0 saturated heterocycles. The molecule has 0 aliphatic rings. The maximum Gasteiger partial charge on any atom is 0.340 e. The summed E-state index contributed by atoms with van der Waals surface area (Å²) in [5.41, 5.74) is -0.345. The zero-order valence-corrected chi connectivity index (χ0v) is 9.01. The fraction of sp³-hybridized carbons (Fsp3) is 0.333. The van der Waals surface area contributed by atoms with Gasteiger partial charge in [0.05, 0.1) is 0 Å². The lowest BCUT2D eigenvalue weighted by Crippen LogP contribution is -2.29. The van der Waals surface area contributed by atoms with Crippen LogP contribution in [0.4, 0.5) is 0 Å². The molecule has 2 rings (SSSR count). The van der Waals surface area contributed by atoms with Crippen molar-refractivity contribution in [1.82, 2.24) is 30.3 Å². The quantitative estimate of drug-likeness (QED) is 0.596. The Labute approximate surface area is 96.0 Å². The van der Waals surface area contributed by atoms with Crippen LogP contribution >= 0.6 is 0 Å². The molecule has 2 aromatic rings. The summed E-state index contributed by atoms with van der Waals surface area (Å²) in [5, 5.41) is 12.6. The van der Waals surface area contributed by atoms with Crippen molar-refractivity contribution >= 4 is 5.91 Å². The first-order chi connectivity index (χ1) is 8.24. The Morgan fingerprint density at radius 2 is 2.41 bits per heavy atom. The highest BCUT2D eigenvalue weighted by Crippen LogP contribution is 1.86. The average Bonchev–Trinajstić information content (AvgIpc) is 2.90. The minimum atomic E-state index is -0.345. The number of aromatic nitrogens is 5. The third kappa shape index (κ3) is 3.30. The molecule has 0 aromatic carbocycles. The fourth-order valence-electron chi connectivity index (χ4n) is 1.34. The summed E-state index contributed by atoms with van der Waals surface area (Å²) < 4.78 is 1.53. The summed E-state index contributed by atoms with van der Waals surface area (Å²) in [7, 11) is 0. The molecule has 8 heteroatoms. The Kier molecular flexibility index (Phi) is 3.34. The molecule has 0 aliphatic heterocycles. The van der Waals surface area contributed by atoms with Gasteiger partial charge in [-0.25, -0.2) is 9.89 Å². The molecule has 3 N–H and O–H groups in total. The van der Waals surface area contributed by atoms with E-state index in [0.717, 1.165) is 0 Å². The zero-order chi connectivity index (χ0) is 12.1. The third-order valence-electron chi connectivity index (χ3n) is 2.10. The number of amides is 1. The smallest absolute Gasteiger partial charge is 0.340 e. The molecule has 2 aromatic heterocycles. The van der Waals surface area contributed by atoms with Crippen LogP contribution in [-0.2, 0) is 17.8 Å². The second kappa shape index (κ2) is 5.10. The van der Waals surface area contributed by atoms with E-state index in [4.69, 9.17) is 0 Å². The van der Waals surface area contributed by atoms with Crippen LogP contribution in [0, 0.1) is 0 Å². The first-order valence-electron chi connectivity index (χ1n) is 5.12. The molecule has 2 heterocycles. The summed E-state index contributed by atoms with van der Waals surface area (Å²) in [4.78, 5) is 24.7. The summed E-state index contributed by atoms with van der Waals surface area (Å²) in [6, 6.07) is 1.75. The molecule has 90 valence electrons. The van der Waals surface area contributed by atoms with Gasteiger partial charge in [-0.3, -0.25) is 14.5 Å². The van der Waals surface area contributed by atoms with Crippen molar-refractivity contribution in [3.8, 4) is 0 Å². The van der Waals surface area contributed by atoms with Gasteiger partial charge in [0.25, 0.3) is 0 Å². The Bertz CT molecular complexity index is 526. The van der Waals surface area contributed by atoms with Crippen molar-refractivity contribution in [1.29, 1.82) is 0 Å². The van der Waals surface area contributed by atoms with E-state index in [1.54, 1.807) is 18.5 Å². The molecule has 8 nitrogen and oxygen atoms in total. The van der Waals surface area contributed by atoms with Crippen LogP contribution in [-0.4, -0.2) is 37.4 Å². The van der Waals surface area contributed by atoms with Crippen LogP contribution < -0.4 is 11.0 Å². The second-order valence-electron chi connectivity index (χ2n) is 3.43. The van der Waals surface area contributed by atoms with Gasteiger partial charge >= 0.3 is 5.69 Å². The van der Waals surface area contributed by atoms with E-state index in [2.05, 4.69) is 25.6 Å². The largest absolute Gasteiger partial charge is 0.354 e. The Hall–Kier alpha value is -2.38. The number of aromatic amines is 2. The van der Waals surface area contributed by atoms with E-state index in [1.807, 2.05) is 0 Å². The number of H-pyrrole nitrogens is 2. The van der Waals surface area contributed by atoms with Crippen molar-refractivity contribution in [2.45, 2.75) is 13.0 Å². The maximum absolute atomic E-state index is 11.4. The van der Waals surface area contributed by atoms with Crippen LogP contribution in [0.25, 0.3) is 0 Å².